The number of nitrogens with zero attached hydrogens (tertiary/aromatic N) is 5. The van der Waals surface area contributed by atoms with Crippen LogP contribution in [0.25, 0.3) is 11.0 Å². The van der Waals surface area contributed by atoms with Gasteiger partial charge in [-0.3, -0.25) is 4.79 Å². The van der Waals surface area contributed by atoms with Gasteiger partial charge in [-0.25, -0.2) is 4.98 Å². The third kappa shape index (κ3) is 4.47. The third-order valence-electron chi connectivity index (χ3n) is 7.39. The van der Waals surface area contributed by atoms with Gasteiger partial charge in [0.25, 0.3) is 5.56 Å². The lowest BCUT2D eigenvalue weighted by molar-refractivity contribution is 0.121. The number of rotatable bonds is 5. The van der Waals surface area contributed by atoms with Crippen LogP contribution >= 0.6 is 0 Å². The summed E-state index contributed by atoms with van der Waals surface area (Å²) in [6.45, 7) is 10.0. The molecule has 0 spiro atoms. The lowest BCUT2D eigenvalue weighted by atomic mass is 9.82. The molecule has 1 aliphatic heterocycles. The van der Waals surface area contributed by atoms with E-state index in [1.165, 1.54) is 10.1 Å². The van der Waals surface area contributed by atoms with E-state index in [0.29, 0.717) is 29.8 Å². The van der Waals surface area contributed by atoms with E-state index in [1.54, 1.807) is 19.2 Å². The number of fused-ring (bicyclic) bond motifs is 1. The Labute approximate surface area is 206 Å². The molecule has 1 aromatic carbocycles. The van der Waals surface area contributed by atoms with Gasteiger partial charge < -0.3 is 14.2 Å². The van der Waals surface area contributed by atoms with Crippen LogP contribution in [-0.4, -0.2) is 28.7 Å². The Kier molecular flexibility index (Phi) is 6.54. The fraction of sp³-hybridized carbons (Fsp3) is 0.429. The third-order valence-corrected chi connectivity index (χ3v) is 7.39. The molecule has 7 heteroatoms. The minimum atomic E-state index is -0.359. The molecule has 0 N–H and O–H groups in total. The Morgan fingerprint density at radius 1 is 1.14 bits per heavy atom. The summed E-state index contributed by atoms with van der Waals surface area (Å²) in [6, 6.07) is 15.8. The first-order chi connectivity index (χ1) is 16.7. The summed E-state index contributed by atoms with van der Waals surface area (Å²) in [5.74, 6) is 1.00. The van der Waals surface area contributed by atoms with Gasteiger partial charge in [-0.1, -0.05) is 39.8 Å². The summed E-state index contributed by atoms with van der Waals surface area (Å²) in [6.07, 6.45) is 1.82. The minimum absolute atomic E-state index is 0.0160. The van der Waals surface area contributed by atoms with Crippen molar-refractivity contribution < 1.29 is 4.74 Å². The van der Waals surface area contributed by atoms with Crippen LogP contribution < -0.4 is 15.2 Å². The van der Waals surface area contributed by atoms with Crippen LogP contribution in [0.4, 0.5) is 5.69 Å². The van der Waals surface area contributed by atoms with Crippen molar-refractivity contribution in [3.63, 3.8) is 0 Å². The van der Waals surface area contributed by atoms with Gasteiger partial charge in [0, 0.05) is 32.5 Å². The number of anilines is 1. The van der Waals surface area contributed by atoms with Crippen molar-refractivity contribution in [1.29, 1.82) is 10.5 Å². The Hall–Kier alpha value is -3.84. The van der Waals surface area contributed by atoms with E-state index >= 15 is 0 Å². The molecule has 0 aliphatic carbocycles. The predicted molar refractivity (Wildman–Crippen MR) is 137 cm³/mol. The Balaban J connectivity index is 1.61. The largest absolute Gasteiger partial charge is 0.490 e. The Bertz CT molecular complexity index is 1390. The molecule has 1 fully saturated rings. The molecule has 0 bridgehead atoms. The highest BCUT2D eigenvalue weighted by Crippen LogP contribution is 2.33. The maximum absolute atomic E-state index is 12.9. The summed E-state index contributed by atoms with van der Waals surface area (Å²) < 4.78 is 7.79. The van der Waals surface area contributed by atoms with Crippen molar-refractivity contribution in [2.24, 2.45) is 13.0 Å². The molecule has 1 saturated heterocycles. The van der Waals surface area contributed by atoms with Crippen molar-refractivity contribution >= 4 is 16.7 Å². The fourth-order valence-electron chi connectivity index (χ4n) is 4.73. The van der Waals surface area contributed by atoms with Gasteiger partial charge in [0.05, 0.1) is 11.2 Å². The van der Waals surface area contributed by atoms with E-state index in [4.69, 9.17) is 4.74 Å². The van der Waals surface area contributed by atoms with Gasteiger partial charge in [0.1, 0.15) is 40.8 Å². The van der Waals surface area contributed by atoms with Crippen molar-refractivity contribution in [3.05, 3.63) is 63.6 Å². The number of pyridine rings is 2. The summed E-state index contributed by atoms with van der Waals surface area (Å²) in [4.78, 5) is 19.5. The quantitative estimate of drug-likeness (QED) is 0.539. The molecule has 1 aliphatic rings. The molecular weight excluding hydrogens is 438 g/mol. The van der Waals surface area contributed by atoms with E-state index in [2.05, 4.69) is 57.0 Å². The molecule has 3 heterocycles. The second kappa shape index (κ2) is 9.43. The second-order valence-corrected chi connectivity index (χ2v) is 10.0. The van der Waals surface area contributed by atoms with Crippen molar-refractivity contribution in [2.45, 2.75) is 52.1 Å². The maximum atomic E-state index is 12.9. The van der Waals surface area contributed by atoms with Gasteiger partial charge in [0.15, 0.2) is 0 Å². The van der Waals surface area contributed by atoms with Crippen molar-refractivity contribution in [2.75, 3.05) is 18.0 Å². The van der Waals surface area contributed by atoms with Crippen molar-refractivity contribution in [3.8, 4) is 17.9 Å². The van der Waals surface area contributed by atoms with Gasteiger partial charge in [-0.15, -0.1) is 0 Å². The zero-order valence-electron chi connectivity index (χ0n) is 21.0. The van der Waals surface area contributed by atoms with E-state index in [9.17, 15) is 15.3 Å². The second-order valence-electron chi connectivity index (χ2n) is 10.0. The predicted octanol–water partition coefficient (Wildman–Crippen LogP) is 4.66. The topological polar surface area (TPSA) is 94.9 Å². The van der Waals surface area contributed by atoms with E-state index in [-0.39, 0.29) is 34.3 Å². The molecule has 0 radical (unpaired) electrons. The molecule has 0 saturated carbocycles. The monoisotopic (exact) mass is 469 g/mol. The number of aromatic nitrogens is 2. The Morgan fingerprint density at radius 3 is 2.46 bits per heavy atom. The zero-order valence-corrected chi connectivity index (χ0v) is 21.0. The normalized spacial score (nSPS) is 18.2. The summed E-state index contributed by atoms with van der Waals surface area (Å²) >= 11 is 0. The van der Waals surface area contributed by atoms with E-state index in [0.717, 1.165) is 18.6 Å². The molecule has 3 aromatic rings. The number of nitriles is 2. The average Bonchev–Trinajstić information content (AvgIpc) is 2.87. The van der Waals surface area contributed by atoms with Crippen molar-refractivity contribution in [1.82, 2.24) is 9.55 Å². The number of piperidine rings is 1. The molecule has 7 nitrogen and oxygen atoms in total. The highest BCUT2D eigenvalue weighted by molar-refractivity contribution is 5.92. The highest BCUT2D eigenvalue weighted by atomic mass is 16.5. The van der Waals surface area contributed by atoms with Gasteiger partial charge >= 0.3 is 0 Å². The van der Waals surface area contributed by atoms with Gasteiger partial charge in [0.2, 0.25) is 0 Å². The summed E-state index contributed by atoms with van der Waals surface area (Å²) in [7, 11) is 1.62. The molecule has 2 aromatic heterocycles. The number of hydrogen-bond donors (Lipinski definition) is 0. The molecule has 4 rings (SSSR count). The number of ether oxygens (including phenoxy) is 1. The highest BCUT2D eigenvalue weighted by Gasteiger charge is 2.31. The van der Waals surface area contributed by atoms with Gasteiger partial charge in [-0.05, 0) is 41.7 Å². The van der Waals surface area contributed by atoms with Crippen LogP contribution in [0, 0.1) is 28.6 Å². The van der Waals surface area contributed by atoms with Crippen LogP contribution in [0.2, 0.25) is 0 Å². The van der Waals surface area contributed by atoms with E-state index < -0.39 is 0 Å². The molecule has 0 amide bonds. The molecule has 2 unspecified atom stereocenters. The minimum Gasteiger partial charge on any atom is -0.490 e. The number of hydrogen-bond acceptors (Lipinski definition) is 6. The zero-order chi connectivity index (χ0) is 25.3. The van der Waals surface area contributed by atoms with Crippen LogP contribution in [0.3, 0.4) is 0 Å². The average molecular weight is 470 g/mol. The van der Waals surface area contributed by atoms with E-state index in [1.807, 2.05) is 17.0 Å². The van der Waals surface area contributed by atoms with Crippen LogP contribution in [0.5, 0.6) is 5.75 Å². The molecule has 180 valence electrons. The lowest BCUT2D eigenvalue weighted by Gasteiger charge is -2.38. The smallest absolute Gasteiger partial charge is 0.270 e. The van der Waals surface area contributed by atoms with Gasteiger partial charge in [-0.2, -0.15) is 10.5 Å². The molecule has 2 atom stereocenters. The number of benzene rings is 1. The summed E-state index contributed by atoms with van der Waals surface area (Å²) in [5, 5.41) is 19.2. The summed E-state index contributed by atoms with van der Waals surface area (Å²) in [5.41, 5.74) is 2.99. The Morgan fingerprint density at radius 2 is 1.86 bits per heavy atom. The molecular formula is C28H31N5O2. The van der Waals surface area contributed by atoms with Crippen LogP contribution in [-0.2, 0) is 12.5 Å². The first-order valence-electron chi connectivity index (χ1n) is 12.1. The van der Waals surface area contributed by atoms with Crippen LogP contribution in [0.15, 0.2) is 41.2 Å². The number of aryl methyl sites for hydroxylation is 1. The molecule has 35 heavy (non-hydrogen) atoms. The van der Waals surface area contributed by atoms with Crippen LogP contribution in [0.1, 0.15) is 57.4 Å². The standard InChI is InChI=1S/C28H31N5O2/c1-6-28(3,4)19-7-10-21(11-8-19)35-24-13-14-33(17-18(24)2)26-22(16-30)27(34)32(5)23-12-9-20(15-29)31-25(23)26/h7-12,18,24H,6,13-14,17H2,1-5H3. The fourth-order valence-corrected chi connectivity index (χ4v) is 4.73. The first-order valence-corrected chi connectivity index (χ1v) is 12.1. The maximum Gasteiger partial charge on any atom is 0.270 e. The lowest BCUT2D eigenvalue weighted by Crippen LogP contribution is -2.45. The first kappa shape index (κ1) is 24.3. The SMILES string of the molecule is CCC(C)(C)c1ccc(OC2CCN(c3c(C#N)c(=O)n(C)c4ccc(C#N)nc34)CC2C)cc1.